The number of carbonyl (C=O) groups excluding carboxylic acids is 1. The number of fused-ring (bicyclic) bond motifs is 1. The zero-order valence-corrected chi connectivity index (χ0v) is 8.00. The van der Waals surface area contributed by atoms with E-state index in [9.17, 15) is 4.79 Å². The minimum Gasteiger partial charge on any atom is -0.294 e. The highest BCUT2D eigenvalue weighted by atomic mass is 16.1. The van der Waals surface area contributed by atoms with Gasteiger partial charge in [0, 0.05) is 17.7 Å². The molecule has 1 aliphatic carbocycles. The average molecular weight is 175 g/mol. The van der Waals surface area contributed by atoms with Crippen LogP contribution in [0.4, 0.5) is 0 Å². The molecule has 1 atom stereocenters. The van der Waals surface area contributed by atoms with Crippen molar-refractivity contribution in [2.45, 2.75) is 26.7 Å². The van der Waals surface area contributed by atoms with Crippen LogP contribution in [0.3, 0.4) is 0 Å². The highest BCUT2D eigenvalue weighted by molar-refractivity contribution is 6.00. The molecule has 0 amide bonds. The molecule has 0 bridgehead atoms. The molecule has 0 saturated carbocycles. The molecule has 0 aliphatic heterocycles. The van der Waals surface area contributed by atoms with E-state index in [-0.39, 0.29) is 11.7 Å². The summed E-state index contributed by atoms with van der Waals surface area (Å²) >= 11 is 0. The number of pyridine rings is 1. The van der Waals surface area contributed by atoms with E-state index in [0.29, 0.717) is 0 Å². The van der Waals surface area contributed by atoms with Crippen molar-refractivity contribution in [3.63, 3.8) is 0 Å². The molecular formula is C11H13NO. The number of aryl methyl sites for hydroxylation is 2. The average Bonchev–Trinajstić information content (AvgIpc) is 2.12. The van der Waals surface area contributed by atoms with E-state index in [0.717, 1.165) is 29.7 Å². The zero-order chi connectivity index (χ0) is 9.42. The summed E-state index contributed by atoms with van der Waals surface area (Å²) in [5, 5.41) is 0. The number of ketones is 1. The molecule has 2 heteroatoms. The minimum absolute atomic E-state index is 0.176. The highest BCUT2D eigenvalue weighted by Crippen LogP contribution is 2.25. The SMILES string of the molecule is Cc1ccnc2c1C(=O)C(C)CC2. The van der Waals surface area contributed by atoms with Gasteiger partial charge < -0.3 is 0 Å². The zero-order valence-electron chi connectivity index (χ0n) is 8.00. The summed E-state index contributed by atoms with van der Waals surface area (Å²) in [7, 11) is 0. The van der Waals surface area contributed by atoms with Crippen LogP contribution in [0.5, 0.6) is 0 Å². The Hall–Kier alpha value is -1.18. The van der Waals surface area contributed by atoms with Crippen LogP contribution in [0.15, 0.2) is 12.3 Å². The second kappa shape index (κ2) is 2.95. The van der Waals surface area contributed by atoms with Gasteiger partial charge in [-0.05, 0) is 31.4 Å². The molecule has 2 rings (SSSR count). The molecule has 1 aromatic rings. The fraction of sp³-hybridized carbons (Fsp3) is 0.455. The van der Waals surface area contributed by atoms with Crippen LogP contribution in [0.25, 0.3) is 0 Å². The summed E-state index contributed by atoms with van der Waals surface area (Å²) in [4.78, 5) is 16.0. The molecule has 68 valence electrons. The Bertz CT molecular complexity index is 357. The largest absolute Gasteiger partial charge is 0.294 e. The summed E-state index contributed by atoms with van der Waals surface area (Å²) in [6.07, 6.45) is 3.68. The van der Waals surface area contributed by atoms with Gasteiger partial charge in [-0.2, -0.15) is 0 Å². The summed E-state index contributed by atoms with van der Waals surface area (Å²) in [5.74, 6) is 0.447. The fourth-order valence-electron chi connectivity index (χ4n) is 1.87. The number of nitrogens with zero attached hydrogens (tertiary/aromatic N) is 1. The van der Waals surface area contributed by atoms with Gasteiger partial charge in [-0.15, -0.1) is 0 Å². The fourth-order valence-corrected chi connectivity index (χ4v) is 1.87. The van der Waals surface area contributed by atoms with Crippen molar-refractivity contribution in [2.75, 3.05) is 0 Å². The Morgan fingerprint density at radius 2 is 2.31 bits per heavy atom. The molecule has 0 fully saturated rings. The van der Waals surface area contributed by atoms with Crippen molar-refractivity contribution >= 4 is 5.78 Å². The molecule has 0 aromatic carbocycles. The van der Waals surface area contributed by atoms with Crippen molar-refractivity contribution in [2.24, 2.45) is 5.92 Å². The second-order valence-corrected chi connectivity index (χ2v) is 3.75. The third-order valence-electron chi connectivity index (χ3n) is 2.75. The van der Waals surface area contributed by atoms with Crippen LogP contribution >= 0.6 is 0 Å². The second-order valence-electron chi connectivity index (χ2n) is 3.75. The monoisotopic (exact) mass is 175 g/mol. The smallest absolute Gasteiger partial charge is 0.167 e. The maximum absolute atomic E-state index is 11.8. The maximum Gasteiger partial charge on any atom is 0.167 e. The van der Waals surface area contributed by atoms with Gasteiger partial charge in [-0.25, -0.2) is 0 Å². The van der Waals surface area contributed by atoms with Crippen molar-refractivity contribution in [3.8, 4) is 0 Å². The number of carbonyl (C=O) groups is 1. The molecule has 0 N–H and O–H groups in total. The summed E-state index contributed by atoms with van der Waals surface area (Å²) in [6, 6.07) is 1.91. The Balaban J connectivity index is 2.57. The maximum atomic E-state index is 11.8. The molecule has 0 radical (unpaired) electrons. The van der Waals surface area contributed by atoms with E-state index in [1.165, 1.54) is 0 Å². The first kappa shape index (κ1) is 8.42. The van der Waals surface area contributed by atoms with Gasteiger partial charge in [0.05, 0.1) is 5.69 Å². The molecule has 13 heavy (non-hydrogen) atoms. The quantitative estimate of drug-likeness (QED) is 0.604. The normalized spacial score (nSPS) is 21.4. The van der Waals surface area contributed by atoms with Gasteiger partial charge in [0.15, 0.2) is 5.78 Å². The Labute approximate surface area is 78.0 Å². The van der Waals surface area contributed by atoms with Crippen LogP contribution in [-0.4, -0.2) is 10.8 Å². The molecule has 1 aliphatic rings. The van der Waals surface area contributed by atoms with Gasteiger partial charge in [-0.3, -0.25) is 9.78 Å². The number of hydrogen-bond donors (Lipinski definition) is 0. The van der Waals surface area contributed by atoms with E-state index in [1.807, 2.05) is 19.9 Å². The summed E-state index contributed by atoms with van der Waals surface area (Å²) < 4.78 is 0. The van der Waals surface area contributed by atoms with Gasteiger partial charge in [0.1, 0.15) is 0 Å². The summed E-state index contributed by atoms with van der Waals surface area (Å²) in [6.45, 7) is 3.98. The van der Waals surface area contributed by atoms with E-state index in [2.05, 4.69) is 4.98 Å². The first-order valence-corrected chi connectivity index (χ1v) is 4.69. The van der Waals surface area contributed by atoms with Crippen LogP contribution in [-0.2, 0) is 6.42 Å². The Morgan fingerprint density at radius 3 is 3.08 bits per heavy atom. The highest BCUT2D eigenvalue weighted by Gasteiger charge is 2.25. The van der Waals surface area contributed by atoms with Crippen molar-refractivity contribution in [3.05, 3.63) is 29.1 Å². The van der Waals surface area contributed by atoms with Crippen LogP contribution < -0.4 is 0 Å². The first-order valence-electron chi connectivity index (χ1n) is 4.69. The predicted octanol–water partition coefficient (Wildman–Crippen LogP) is 2.16. The predicted molar refractivity (Wildman–Crippen MR) is 50.8 cm³/mol. The molecule has 1 aromatic heterocycles. The summed E-state index contributed by atoms with van der Waals surface area (Å²) in [5.41, 5.74) is 2.94. The van der Waals surface area contributed by atoms with Crippen LogP contribution in [0.2, 0.25) is 0 Å². The van der Waals surface area contributed by atoms with Crippen molar-refractivity contribution in [1.29, 1.82) is 0 Å². The molecule has 0 saturated heterocycles. The topological polar surface area (TPSA) is 30.0 Å². The third-order valence-corrected chi connectivity index (χ3v) is 2.75. The lowest BCUT2D eigenvalue weighted by atomic mass is 9.85. The van der Waals surface area contributed by atoms with Gasteiger partial charge in [0.25, 0.3) is 0 Å². The molecule has 2 nitrogen and oxygen atoms in total. The van der Waals surface area contributed by atoms with E-state index in [4.69, 9.17) is 0 Å². The number of aromatic nitrogens is 1. The number of rotatable bonds is 0. The number of Topliss-reactive ketones (excluding diaryl/α,β-unsaturated/α-hetero) is 1. The van der Waals surface area contributed by atoms with Crippen molar-refractivity contribution in [1.82, 2.24) is 4.98 Å². The lowest BCUT2D eigenvalue weighted by molar-refractivity contribution is 0.0911. The Kier molecular flexibility index (Phi) is 1.91. The number of hydrogen-bond acceptors (Lipinski definition) is 2. The molecule has 1 heterocycles. The standard InChI is InChI=1S/C11H13NO/c1-7-5-6-12-9-4-3-8(2)11(13)10(7)9/h5-6,8H,3-4H2,1-2H3. The lowest BCUT2D eigenvalue weighted by Gasteiger charge is -2.20. The minimum atomic E-state index is 0.176. The van der Waals surface area contributed by atoms with Crippen LogP contribution in [0.1, 0.15) is 35.0 Å². The van der Waals surface area contributed by atoms with Crippen LogP contribution in [0, 0.1) is 12.8 Å². The van der Waals surface area contributed by atoms with E-state index < -0.39 is 0 Å². The van der Waals surface area contributed by atoms with E-state index >= 15 is 0 Å². The van der Waals surface area contributed by atoms with Gasteiger partial charge in [-0.1, -0.05) is 6.92 Å². The van der Waals surface area contributed by atoms with Gasteiger partial charge in [0.2, 0.25) is 0 Å². The molecule has 0 spiro atoms. The third kappa shape index (κ3) is 1.26. The lowest BCUT2D eigenvalue weighted by Crippen LogP contribution is -2.22. The van der Waals surface area contributed by atoms with E-state index in [1.54, 1.807) is 6.20 Å². The van der Waals surface area contributed by atoms with Gasteiger partial charge >= 0.3 is 0 Å². The Morgan fingerprint density at radius 1 is 1.54 bits per heavy atom. The molecular weight excluding hydrogens is 162 g/mol. The van der Waals surface area contributed by atoms with Crippen molar-refractivity contribution < 1.29 is 4.79 Å². The first-order chi connectivity index (χ1) is 6.20. The molecule has 1 unspecified atom stereocenters.